The highest BCUT2D eigenvalue weighted by Gasteiger charge is 2.32. The number of hydrogen-bond acceptors (Lipinski definition) is 2. The summed E-state index contributed by atoms with van der Waals surface area (Å²) in [5.41, 5.74) is 2.10. The smallest absolute Gasteiger partial charge is 0.405 e. The first-order valence-electron chi connectivity index (χ1n) is 6.53. The van der Waals surface area contributed by atoms with Gasteiger partial charge in [0, 0.05) is 11.6 Å². The van der Waals surface area contributed by atoms with Crippen LogP contribution in [0.1, 0.15) is 18.5 Å². The third-order valence-electron chi connectivity index (χ3n) is 3.24. The number of para-hydroxylation sites is 1. The standard InChI is InChI=1S/C16H16F3NO/c1-11(20-2)12-6-5-7-13(10-12)14-8-3-4-9-15(14)21-16(17,18)19/h3-11,20H,1-2H3. The van der Waals surface area contributed by atoms with Gasteiger partial charge in [-0.15, -0.1) is 13.2 Å². The fourth-order valence-electron chi connectivity index (χ4n) is 2.06. The van der Waals surface area contributed by atoms with E-state index >= 15 is 0 Å². The van der Waals surface area contributed by atoms with Gasteiger partial charge in [0.1, 0.15) is 5.75 Å². The van der Waals surface area contributed by atoms with Crippen molar-refractivity contribution < 1.29 is 17.9 Å². The molecule has 2 aromatic carbocycles. The molecule has 0 saturated heterocycles. The molecule has 112 valence electrons. The van der Waals surface area contributed by atoms with Gasteiger partial charge in [0.2, 0.25) is 0 Å². The van der Waals surface area contributed by atoms with Crippen molar-refractivity contribution in [3.05, 3.63) is 54.1 Å². The van der Waals surface area contributed by atoms with Gasteiger partial charge >= 0.3 is 6.36 Å². The normalized spacial score (nSPS) is 13.0. The predicted molar refractivity (Wildman–Crippen MR) is 76.0 cm³/mol. The molecule has 0 fully saturated rings. The lowest BCUT2D eigenvalue weighted by atomic mass is 9.99. The number of halogens is 3. The lowest BCUT2D eigenvalue weighted by Gasteiger charge is -2.15. The Balaban J connectivity index is 2.42. The van der Waals surface area contributed by atoms with Crippen molar-refractivity contribution in [1.29, 1.82) is 0 Å². The molecule has 0 spiro atoms. The van der Waals surface area contributed by atoms with Crippen LogP contribution in [-0.4, -0.2) is 13.4 Å². The predicted octanol–water partition coefficient (Wildman–Crippen LogP) is 4.53. The zero-order valence-electron chi connectivity index (χ0n) is 11.7. The maximum atomic E-state index is 12.5. The fourth-order valence-corrected chi connectivity index (χ4v) is 2.06. The molecule has 0 aliphatic carbocycles. The average molecular weight is 295 g/mol. The molecule has 1 N–H and O–H groups in total. The number of alkyl halides is 3. The molecule has 2 aromatic rings. The van der Waals surface area contributed by atoms with E-state index in [4.69, 9.17) is 0 Å². The number of rotatable bonds is 4. The van der Waals surface area contributed by atoms with Crippen LogP contribution in [0.2, 0.25) is 0 Å². The molecule has 0 amide bonds. The van der Waals surface area contributed by atoms with E-state index in [0.29, 0.717) is 11.1 Å². The van der Waals surface area contributed by atoms with Crippen LogP contribution in [0.25, 0.3) is 11.1 Å². The highest BCUT2D eigenvalue weighted by Crippen LogP contribution is 2.34. The zero-order valence-corrected chi connectivity index (χ0v) is 11.7. The molecule has 0 bridgehead atoms. The second-order valence-corrected chi connectivity index (χ2v) is 4.68. The molecule has 0 aliphatic rings. The van der Waals surface area contributed by atoms with Gasteiger partial charge in [-0.3, -0.25) is 0 Å². The molecule has 0 aliphatic heterocycles. The summed E-state index contributed by atoms with van der Waals surface area (Å²) >= 11 is 0. The SMILES string of the molecule is CNC(C)c1cccc(-c2ccccc2OC(F)(F)F)c1. The molecule has 0 radical (unpaired) electrons. The van der Waals surface area contributed by atoms with E-state index < -0.39 is 6.36 Å². The molecular formula is C16H16F3NO. The minimum atomic E-state index is -4.70. The lowest BCUT2D eigenvalue weighted by Crippen LogP contribution is -2.17. The Morgan fingerprint density at radius 1 is 1.05 bits per heavy atom. The molecule has 2 nitrogen and oxygen atoms in total. The third kappa shape index (κ3) is 3.98. The van der Waals surface area contributed by atoms with Crippen molar-refractivity contribution in [2.45, 2.75) is 19.3 Å². The maximum absolute atomic E-state index is 12.5. The van der Waals surface area contributed by atoms with Crippen LogP contribution in [0.5, 0.6) is 5.75 Å². The van der Waals surface area contributed by atoms with Gasteiger partial charge in [0.05, 0.1) is 0 Å². The first-order valence-corrected chi connectivity index (χ1v) is 6.53. The summed E-state index contributed by atoms with van der Waals surface area (Å²) in [7, 11) is 1.83. The molecular weight excluding hydrogens is 279 g/mol. The molecule has 0 heterocycles. The molecule has 0 aromatic heterocycles. The van der Waals surface area contributed by atoms with Gasteiger partial charge in [0.15, 0.2) is 0 Å². The summed E-state index contributed by atoms with van der Waals surface area (Å²) in [4.78, 5) is 0. The highest BCUT2D eigenvalue weighted by atomic mass is 19.4. The van der Waals surface area contributed by atoms with Gasteiger partial charge in [-0.1, -0.05) is 36.4 Å². The lowest BCUT2D eigenvalue weighted by molar-refractivity contribution is -0.274. The summed E-state index contributed by atoms with van der Waals surface area (Å²) in [6.45, 7) is 1.98. The summed E-state index contributed by atoms with van der Waals surface area (Å²) < 4.78 is 41.5. The van der Waals surface area contributed by atoms with Crippen LogP contribution in [-0.2, 0) is 0 Å². The Kier molecular flexibility index (Phi) is 4.53. The highest BCUT2D eigenvalue weighted by molar-refractivity contribution is 5.71. The monoisotopic (exact) mass is 295 g/mol. The van der Waals surface area contributed by atoms with E-state index in [-0.39, 0.29) is 11.8 Å². The van der Waals surface area contributed by atoms with E-state index in [1.165, 1.54) is 12.1 Å². The summed E-state index contributed by atoms with van der Waals surface area (Å²) in [5, 5.41) is 3.10. The van der Waals surface area contributed by atoms with Gasteiger partial charge in [-0.25, -0.2) is 0 Å². The summed E-state index contributed by atoms with van der Waals surface area (Å²) in [5.74, 6) is -0.195. The van der Waals surface area contributed by atoms with Gasteiger partial charge < -0.3 is 10.1 Å². The van der Waals surface area contributed by atoms with Crippen LogP contribution in [0.4, 0.5) is 13.2 Å². The van der Waals surface area contributed by atoms with E-state index in [0.717, 1.165) is 5.56 Å². The second kappa shape index (κ2) is 6.18. The third-order valence-corrected chi connectivity index (χ3v) is 3.24. The average Bonchev–Trinajstić information content (AvgIpc) is 2.45. The van der Waals surface area contributed by atoms with Crippen molar-refractivity contribution in [3.8, 4) is 16.9 Å². The first kappa shape index (κ1) is 15.4. The zero-order chi connectivity index (χ0) is 15.5. The summed E-state index contributed by atoms with van der Waals surface area (Å²) in [6, 6.07) is 13.6. The number of nitrogens with one attached hydrogen (secondary N) is 1. The van der Waals surface area contributed by atoms with E-state index in [2.05, 4.69) is 10.1 Å². The van der Waals surface area contributed by atoms with E-state index in [9.17, 15) is 13.2 Å². The number of ether oxygens (including phenoxy) is 1. The molecule has 1 unspecified atom stereocenters. The van der Waals surface area contributed by atoms with Crippen LogP contribution in [0.3, 0.4) is 0 Å². The first-order chi connectivity index (χ1) is 9.90. The minimum Gasteiger partial charge on any atom is -0.405 e. The van der Waals surface area contributed by atoms with Gasteiger partial charge in [0.25, 0.3) is 0 Å². The van der Waals surface area contributed by atoms with E-state index in [1.54, 1.807) is 18.2 Å². The summed E-state index contributed by atoms with van der Waals surface area (Å²) in [6.07, 6.45) is -4.70. The number of hydrogen-bond donors (Lipinski definition) is 1. The van der Waals surface area contributed by atoms with Crippen LogP contribution in [0.15, 0.2) is 48.5 Å². The van der Waals surface area contributed by atoms with E-state index in [1.807, 2.05) is 32.2 Å². The van der Waals surface area contributed by atoms with Crippen molar-refractivity contribution in [3.63, 3.8) is 0 Å². The fraction of sp³-hybridized carbons (Fsp3) is 0.250. The molecule has 0 saturated carbocycles. The Bertz CT molecular complexity index is 610. The molecule has 21 heavy (non-hydrogen) atoms. The Labute approximate surface area is 121 Å². The molecule has 1 atom stereocenters. The van der Waals surface area contributed by atoms with Crippen LogP contribution in [0, 0.1) is 0 Å². The van der Waals surface area contributed by atoms with Crippen LogP contribution < -0.4 is 10.1 Å². The Hall–Kier alpha value is -2.01. The van der Waals surface area contributed by atoms with Crippen molar-refractivity contribution in [1.82, 2.24) is 5.32 Å². The Morgan fingerprint density at radius 2 is 1.76 bits per heavy atom. The quantitative estimate of drug-likeness (QED) is 0.894. The number of benzene rings is 2. The van der Waals surface area contributed by atoms with Crippen LogP contribution >= 0.6 is 0 Å². The minimum absolute atomic E-state index is 0.112. The second-order valence-electron chi connectivity index (χ2n) is 4.68. The maximum Gasteiger partial charge on any atom is 0.573 e. The van der Waals surface area contributed by atoms with Gasteiger partial charge in [-0.2, -0.15) is 0 Å². The molecule has 2 rings (SSSR count). The topological polar surface area (TPSA) is 21.3 Å². The Morgan fingerprint density at radius 3 is 2.43 bits per heavy atom. The van der Waals surface area contributed by atoms with Crippen molar-refractivity contribution >= 4 is 0 Å². The van der Waals surface area contributed by atoms with Crippen molar-refractivity contribution in [2.24, 2.45) is 0 Å². The van der Waals surface area contributed by atoms with Crippen molar-refractivity contribution in [2.75, 3.05) is 7.05 Å². The largest absolute Gasteiger partial charge is 0.573 e. The molecule has 5 heteroatoms. The van der Waals surface area contributed by atoms with Gasteiger partial charge in [-0.05, 0) is 37.2 Å².